The monoisotopic (exact) mass is 242 g/mol. The van der Waals surface area contributed by atoms with Crippen molar-refractivity contribution in [2.75, 3.05) is 26.4 Å². The van der Waals surface area contributed by atoms with E-state index < -0.39 is 0 Å². The topological polar surface area (TPSA) is 18.5 Å². The van der Waals surface area contributed by atoms with Gasteiger partial charge in [-0.25, -0.2) is 0 Å². The number of rotatable bonds is 0. The van der Waals surface area contributed by atoms with E-state index in [9.17, 15) is 0 Å². The predicted octanol–water partition coefficient (Wildman–Crippen LogP) is -0.910. The summed E-state index contributed by atoms with van der Waals surface area (Å²) in [5.74, 6) is 0. The van der Waals surface area contributed by atoms with Gasteiger partial charge in [0, 0.05) is 26.4 Å². The Bertz CT molecular complexity index is 64.4. The third-order valence-corrected chi connectivity index (χ3v) is 2.15. The molecule has 0 saturated carbocycles. The van der Waals surface area contributed by atoms with Crippen molar-refractivity contribution in [2.45, 2.75) is 38.5 Å². The molecule has 0 bridgehead atoms. The van der Waals surface area contributed by atoms with Gasteiger partial charge in [0.15, 0.2) is 0 Å². The smallest absolute Gasteiger partial charge is 0.381 e. The summed E-state index contributed by atoms with van der Waals surface area (Å²) in [7, 11) is 0. The molecular formula is C10H28B2CaO2. The molecule has 0 atom stereocenters. The third-order valence-electron chi connectivity index (χ3n) is 2.15. The molecule has 5 heteroatoms. The van der Waals surface area contributed by atoms with Crippen molar-refractivity contribution < 1.29 is 9.47 Å². The van der Waals surface area contributed by atoms with Gasteiger partial charge in [0.05, 0.1) is 0 Å². The Hall–Kier alpha value is 1.31. The van der Waals surface area contributed by atoms with Gasteiger partial charge in [0.25, 0.3) is 0 Å². The Kier molecular flexibility index (Phi) is 25.5. The maximum Gasteiger partial charge on any atom is 2.00 e. The Morgan fingerprint density at radius 1 is 0.467 bits per heavy atom. The second-order valence-electron chi connectivity index (χ2n) is 3.35. The van der Waals surface area contributed by atoms with Gasteiger partial charge in [0.2, 0.25) is 0 Å². The van der Waals surface area contributed by atoms with Crippen molar-refractivity contribution in [2.24, 2.45) is 0 Å². The van der Waals surface area contributed by atoms with Gasteiger partial charge in [-0.3, -0.25) is 0 Å². The van der Waals surface area contributed by atoms with Crippen LogP contribution in [0.25, 0.3) is 0 Å². The quantitative estimate of drug-likeness (QED) is 0.512. The first-order chi connectivity index (χ1) is 6.00. The van der Waals surface area contributed by atoms with Gasteiger partial charge in [0.1, 0.15) is 0 Å². The molecule has 88 valence electrons. The summed E-state index contributed by atoms with van der Waals surface area (Å²) in [6.45, 7) is 4.00. The second-order valence-corrected chi connectivity index (χ2v) is 3.35. The molecule has 0 aliphatic carbocycles. The van der Waals surface area contributed by atoms with Crippen LogP contribution < -0.4 is 0 Å². The molecule has 2 aliphatic rings. The molecule has 2 nitrogen and oxygen atoms in total. The molecule has 0 spiro atoms. The molecule has 0 aromatic heterocycles. The molecule has 2 saturated heterocycles. The molecule has 15 heavy (non-hydrogen) atoms. The zero-order valence-corrected chi connectivity index (χ0v) is 10.8. The Balaban J connectivity index is -0.000000160. The van der Waals surface area contributed by atoms with Gasteiger partial charge in [-0.2, -0.15) is 0 Å². The van der Waals surface area contributed by atoms with E-state index in [0.717, 1.165) is 26.4 Å². The molecule has 0 aromatic rings. The van der Waals surface area contributed by atoms with E-state index in [1.807, 2.05) is 0 Å². The molecule has 2 aliphatic heterocycles. The summed E-state index contributed by atoms with van der Waals surface area (Å²) in [6, 6.07) is 0. The third kappa shape index (κ3) is 15.3. The van der Waals surface area contributed by atoms with Crippen LogP contribution in [0.1, 0.15) is 38.5 Å². The van der Waals surface area contributed by atoms with Crippen LogP contribution in [-0.2, 0) is 9.47 Å². The van der Waals surface area contributed by atoms with Crippen LogP contribution in [0.3, 0.4) is 0 Å². The van der Waals surface area contributed by atoms with E-state index in [-0.39, 0.29) is 54.6 Å². The first-order valence-electron chi connectivity index (χ1n) is 5.15. The first kappa shape index (κ1) is 21.6. The summed E-state index contributed by atoms with van der Waals surface area (Å²) < 4.78 is 10.1. The maximum atomic E-state index is 5.07. The van der Waals surface area contributed by atoms with Crippen LogP contribution >= 0.6 is 0 Å². The normalized spacial score (nSPS) is 19.2. The van der Waals surface area contributed by atoms with E-state index >= 15 is 0 Å². The van der Waals surface area contributed by atoms with Crippen molar-refractivity contribution in [3.8, 4) is 0 Å². The molecule has 2 fully saturated rings. The number of hydrogen-bond acceptors (Lipinski definition) is 2. The van der Waals surface area contributed by atoms with Gasteiger partial charge in [-0.1, -0.05) is 16.8 Å². The van der Waals surface area contributed by atoms with Crippen molar-refractivity contribution in [3.05, 3.63) is 0 Å². The minimum atomic E-state index is 0. The second kappa shape index (κ2) is 17.7. The SMILES string of the molecule is C1CCOCC1.C1CCOCC1.[BH4-].[BH4-].[Ca+2]. The number of ether oxygens (including phenoxy) is 2. The molecule has 0 unspecified atom stereocenters. The zero-order chi connectivity index (χ0) is 8.49. The predicted molar refractivity (Wildman–Crippen MR) is 77.8 cm³/mol. The van der Waals surface area contributed by atoms with E-state index in [0.29, 0.717) is 0 Å². The standard InChI is InChI=1S/2C5H10O.2BH4.Ca/c2*1-2-4-6-5-3-1;;;/h2*1-5H2;2*1H4;/q;;2*-1;+2. The molecule has 0 N–H and O–H groups in total. The summed E-state index contributed by atoms with van der Waals surface area (Å²) in [5, 5.41) is 0. The van der Waals surface area contributed by atoms with E-state index in [2.05, 4.69) is 0 Å². The molecule has 0 amide bonds. The fourth-order valence-electron chi connectivity index (χ4n) is 1.37. The summed E-state index contributed by atoms with van der Waals surface area (Å²) in [5.41, 5.74) is 0. The minimum absolute atomic E-state index is 0. The van der Waals surface area contributed by atoms with Crippen LogP contribution in [0.15, 0.2) is 0 Å². The van der Waals surface area contributed by atoms with Crippen LogP contribution in [0.5, 0.6) is 0 Å². The molecule has 2 heterocycles. The van der Waals surface area contributed by atoms with Crippen LogP contribution in [0, 0.1) is 0 Å². The Morgan fingerprint density at radius 3 is 0.800 bits per heavy atom. The van der Waals surface area contributed by atoms with E-state index in [1.54, 1.807) is 0 Å². The van der Waals surface area contributed by atoms with Gasteiger partial charge >= 0.3 is 37.7 Å². The zero-order valence-electron chi connectivity index (χ0n) is 8.59. The molecule has 0 radical (unpaired) electrons. The van der Waals surface area contributed by atoms with Crippen LogP contribution in [-0.4, -0.2) is 81.0 Å². The van der Waals surface area contributed by atoms with Crippen molar-refractivity contribution in [1.82, 2.24) is 0 Å². The maximum absolute atomic E-state index is 5.07. The number of hydrogen-bond donors (Lipinski definition) is 0. The summed E-state index contributed by atoms with van der Waals surface area (Å²) in [4.78, 5) is 0. The fraction of sp³-hybridized carbons (Fsp3) is 1.00. The van der Waals surface area contributed by atoms with Crippen LogP contribution in [0.2, 0.25) is 0 Å². The summed E-state index contributed by atoms with van der Waals surface area (Å²) in [6.07, 6.45) is 7.86. The Morgan fingerprint density at radius 2 is 0.733 bits per heavy atom. The molecule has 0 aromatic carbocycles. The molecular weight excluding hydrogens is 214 g/mol. The van der Waals surface area contributed by atoms with E-state index in [1.165, 1.54) is 38.5 Å². The van der Waals surface area contributed by atoms with Crippen LogP contribution in [0.4, 0.5) is 0 Å². The van der Waals surface area contributed by atoms with Gasteiger partial charge in [-0.05, 0) is 38.5 Å². The largest absolute Gasteiger partial charge is 2.00 e. The van der Waals surface area contributed by atoms with Crippen molar-refractivity contribution in [1.29, 1.82) is 0 Å². The van der Waals surface area contributed by atoms with Crippen molar-refractivity contribution in [3.63, 3.8) is 0 Å². The Labute approximate surface area is 128 Å². The first-order valence-corrected chi connectivity index (χ1v) is 5.15. The van der Waals surface area contributed by atoms with E-state index in [4.69, 9.17) is 9.47 Å². The fourth-order valence-corrected chi connectivity index (χ4v) is 1.37. The van der Waals surface area contributed by atoms with Gasteiger partial charge < -0.3 is 9.47 Å². The average molecular weight is 242 g/mol. The average Bonchev–Trinajstić information content (AvgIpc) is 2.24. The minimum Gasteiger partial charge on any atom is -0.381 e. The summed E-state index contributed by atoms with van der Waals surface area (Å²) >= 11 is 0. The molecule has 2 rings (SSSR count). The van der Waals surface area contributed by atoms with Crippen molar-refractivity contribution >= 4 is 54.6 Å². The van der Waals surface area contributed by atoms with Gasteiger partial charge in [-0.15, -0.1) is 0 Å².